The molecule has 0 aromatic heterocycles. The zero-order valence-corrected chi connectivity index (χ0v) is 10.7. The highest BCUT2D eigenvalue weighted by Gasteiger charge is 2.31. The lowest BCUT2D eigenvalue weighted by atomic mass is 9.95. The van der Waals surface area contributed by atoms with Gasteiger partial charge in [0.1, 0.15) is 0 Å². The van der Waals surface area contributed by atoms with E-state index in [1.54, 1.807) is 6.26 Å². The van der Waals surface area contributed by atoms with Crippen LogP contribution in [0, 0.1) is 11.8 Å². The van der Waals surface area contributed by atoms with Crippen molar-refractivity contribution in [2.45, 2.75) is 25.7 Å². The van der Waals surface area contributed by atoms with Crippen LogP contribution in [0.5, 0.6) is 0 Å². The smallest absolute Gasteiger partial charge is 0.223 e. The minimum atomic E-state index is -0.762. The quantitative estimate of drug-likeness (QED) is 0.660. The molecule has 0 bridgehead atoms. The molecule has 16 heavy (non-hydrogen) atoms. The van der Waals surface area contributed by atoms with Gasteiger partial charge in [0.2, 0.25) is 5.91 Å². The fraction of sp³-hybridized carbons (Fsp3) is 0.909. The Balaban J connectivity index is 2.21. The van der Waals surface area contributed by atoms with Gasteiger partial charge < -0.3 is 11.1 Å². The normalized spacial score (nSPS) is 26.6. The van der Waals surface area contributed by atoms with E-state index < -0.39 is 10.8 Å². The first-order chi connectivity index (χ1) is 7.65. The molecule has 1 fully saturated rings. The fourth-order valence-corrected chi connectivity index (χ4v) is 2.83. The third-order valence-electron chi connectivity index (χ3n) is 3.21. The first-order valence-corrected chi connectivity index (χ1v) is 7.65. The molecule has 94 valence electrons. The second-order valence-electron chi connectivity index (χ2n) is 4.46. The molecule has 0 spiro atoms. The molecule has 3 N–H and O–H groups in total. The van der Waals surface area contributed by atoms with Gasteiger partial charge in [-0.25, -0.2) is 0 Å². The summed E-state index contributed by atoms with van der Waals surface area (Å²) in [5, 5.41) is 2.92. The van der Waals surface area contributed by atoms with E-state index in [-0.39, 0.29) is 11.8 Å². The molecule has 0 radical (unpaired) electrons. The summed E-state index contributed by atoms with van der Waals surface area (Å²) >= 11 is 0. The molecule has 1 aliphatic carbocycles. The molecule has 3 unspecified atom stereocenters. The Bertz CT molecular complexity index is 258. The Labute approximate surface area is 99.8 Å². The first kappa shape index (κ1) is 13.6. The number of nitrogens with two attached hydrogens (primary N) is 1. The van der Waals surface area contributed by atoms with Gasteiger partial charge in [-0.05, 0) is 31.7 Å². The SMILES string of the molecule is CS(=O)CCCNC(=O)C1CCCC1CN. The summed E-state index contributed by atoms with van der Waals surface area (Å²) in [5.41, 5.74) is 5.64. The van der Waals surface area contributed by atoms with Crippen molar-refractivity contribution in [3.8, 4) is 0 Å². The molecule has 0 aromatic carbocycles. The van der Waals surface area contributed by atoms with Crippen molar-refractivity contribution in [3.05, 3.63) is 0 Å². The van der Waals surface area contributed by atoms with E-state index in [2.05, 4.69) is 5.32 Å². The highest BCUT2D eigenvalue weighted by Crippen LogP contribution is 2.30. The zero-order valence-electron chi connectivity index (χ0n) is 9.91. The van der Waals surface area contributed by atoms with E-state index in [0.717, 1.165) is 25.7 Å². The van der Waals surface area contributed by atoms with Gasteiger partial charge in [-0.2, -0.15) is 0 Å². The lowest BCUT2D eigenvalue weighted by molar-refractivity contribution is -0.125. The lowest BCUT2D eigenvalue weighted by Gasteiger charge is -2.17. The maximum absolute atomic E-state index is 11.8. The number of carbonyl (C=O) groups excluding carboxylic acids is 1. The Morgan fingerprint density at radius 3 is 2.88 bits per heavy atom. The summed E-state index contributed by atoms with van der Waals surface area (Å²) < 4.78 is 10.8. The molecule has 1 saturated carbocycles. The predicted molar refractivity (Wildman–Crippen MR) is 66.4 cm³/mol. The van der Waals surface area contributed by atoms with Crippen LogP contribution in [0.3, 0.4) is 0 Å². The standard InChI is InChI=1S/C11H22N2O2S/c1-16(15)7-3-6-13-11(14)10-5-2-4-9(10)8-12/h9-10H,2-8,12H2,1H3,(H,13,14). The van der Waals surface area contributed by atoms with Gasteiger partial charge in [-0.1, -0.05) is 6.42 Å². The van der Waals surface area contributed by atoms with Crippen LogP contribution >= 0.6 is 0 Å². The topological polar surface area (TPSA) is 72.2 Å². The molecular weight excluding hydrogens is 224 g/mol. The molecule has 5 heteroatoms. The van der Waals surface area contributed by atoms with Gasteiger partial charge in [0.05, 0.1) is 0 Å². The first-order valence-electron chi connectivity index (χ1n) is 5.93. The summed E-state index contributed by atoms with van der Waals surface area (Å²) in [6, 6.07) is 0. The van der Waals surface area contributed by atoms with Gasteiger partial charge in [0.15, 0.2) is 0 Å². The van der Waals surface area contributed by atoms with Crippen LogP contribution in [0.2, 0.25) is 0 Å². The number of carbonyl (C=O) groups is 1. The van der Waals surface area contributed by atoms with Crippen LogP contribution in [0.25, 0.3) is 0 Å². The van der Waals surface area contributed by atoms with Crippen LogP contribution in [0.1, 0.15) is 25.7 Å². The predicted octanol–water partition coefficient (Wildman–Crippen LogP) is 0.246. The Morgan fingerprint density at radius 2 is 2.25 bits per heavy atom. The van der Waals surface area contributed by atoms with E-state index in [4.69, 9.17) is 5.73 Å². The molecule has 1 amide bonds. The molecule has 0 aromatic rings. The largest absolute Gasteiger partial charge is 0.356 e. The average Bonchev–Trinajstić information content (AvgIpc) is 2.71. The lowest BCUT2D eigenvalue weighted by Crippen LogP contribution is -2.35. The summed E-state index contributed by atoms with van der Waals surface area (Å²) in [5.74, 6) is 1.26. The highest BCUT2D eigenvalue weighted by atomic mass is 32.2. The Hall–Kier alpha value is -0.420. The van der Waals surface area contributed by atoms with Gasteiger partial charge in [0.25, 0.3) is 0 Å². The monoisotopic (exact) mass is 246 g/mol. The van der Waals surface area contributed by atoms with Crippen molar-refractivity contribution >= 4 is 16.7 Å². The number of amides is 1. The van der Waals surface area contributed by atoms with Crippen molar-refractivity contribution in [1.29, 1.82) is 0 Å². The van der Waals surface area contributed by atoms with Crippen LogP contribution in [-0.2, 0) is 15.6 Å². The third kappa shape index (κ3) is 4.22. The Morgan fingerprint density at radius 1 is 1.50 bits per heavy atom. The number of hydrogen-bond donors (Lipinski definition) is 2. The third-order valence-corrected chi connectivity index (χ3v) is 4.07. The molecule has 1 rings (SSSR count). The minimum absolute atomic E-state index is 0.108. The highest BCUT2D eigenvalue weighted by molar-refractivity contribution is 7.84. The van der Waals surface area contributed by atoms with E-state index in [1.807, 2.05) is 0 Å². The van der Waals surface area contributed by atoms with Crippen LogP contribution in [0.15, 0.2) is 0 Å². The van der Waals surface area contributed by atoms with E-state index >= 15 is 0 Å². The maximum Gasteiger partial charge on any atom is 0.223 e. The second kappa shape index (κ2) is 7.01. The molecule has 1 aliphatic rings. The molecule has 0 saturated heterocycles. The average molecular weight is 246 g/mol. The molecule has 4 nitrogen and oxygen atoms in total. The summed E-state index contributed by atoms with van der Waals surface area (Å²) in [4.78, 5) is 11.8. The van der Waals surface area contributed by atoms with Crippen LogP contribution < -0.4 is 11.1 Å². The summed E-state index contributed by atoms with van der Waals surface area (Å²) in [7, 11) is -0.762. The van der Waals surface area contributed by atoms with E-state index in [0.29, 0.717) is 24.8 Å². The molecule has 0 heterocycles. The fourth-order valence-electron chi connectivity index (χ4n) is 2.28. The zero-order chi connectivity index (χ0) is 12.0. The summed E-state index contributed by atoms with van der Waals surface area (Å²) in [6.45, 7) is 1.24. The van der Waals surface area contributed by atoms with Crippen molar-refractivity contribution in [3.63, 3.8) is 0 Å². The minimum Gasteiger partial charge on any atom is -0.356 e. The molecular formula is C11H22N2O2S. The second-order valence-corrected chi connectivity index (χ2v) is 6.01. The van der Waals surface area contributed by atoms with Gasteiger partial charge in [0, 0.05) is 35.3 Å². The van der Waals surface area contributed by atoms with Crippen LogP contribution in [-0.4, -0.2) is 35.2 Å². The van der Waals surface area contributed by atoms with Crippen molar-refractivity contribution in [2.75, 3.05) is 25.1 Å². The Kier molecular flexibility index (Phi) is 5.98. The van der Waals surface area contributed by atoms with E-state index in [9.17, 15) is 9.00 Å². The van der Waals surface area contributed by atoms with Crippen molar-refractivity contribution in [1.82, 2.24) is 5.32 Å². The maximum atomic E-state index is 11.8. The number of hydrogen-bond acceptors (Lipinski definition) is 3. The molecule has 0 aliphatic heterocycles. The van der Waals surface area contributed by atoms with E-state index in [1.165, 1.54) is 0 Å². The van der Waals surface area contributed by atoms with Gasteiger partial charge in [-0.3, -0.25) is 9.00 Å². The van der Waals surface area contributed by atoms with Crippen LogP contribution in [0.4, 0.5) is 0 Å². The van der Waals surface area contributed by atoms with Gasteiger partial charge in [-0.15, -0.1) is 0 Å². The molecule has 3 atom stereocenters. The number of nitrogens with one attached hydrogen (secondary N) is 1. The van der Waals surface area contributed by atoms with Crippen molar-refractivity contribution in [2.24, 2.45) is 17.6 Å². The van der Waals surface area contributed by atoms with Gasteiger partial charge >= 0.3 is 0 Å². The summed E-state index contributed by atoms with van der Waals surface area (Å²) in [6.07, 6.45) is 5.62. The van der Waals surface area contributed by atoms with Crippen molar-refractivity contribution < 1.29 is 9.00 Å². The number of rotatable bonds is 6.